The SMILES string of the molecule is CO[C@H]1O[C@H](CO)[C@@H](O)[C@H](OC(C)=O)[C@H]1NC(C)=O. The van der Waals surface area contributed by atoms with Gasteiger partial charge in [-0.2, -0.15) is 0 Å². The van der Waals surface area contributed by atoms with Crippen LogP contribution in [0.4, 0.5) is 0 Å². The van der Waals surface area contributed by atoms with Crippen molar-refractivity contribution in [1.29, 1.82) is 0 Å². The lowest BCUT2D eigenvalue weighted by molar-refractivity contribution is -0.266. The molecule has 3 N–H and O–H groups in total. The molecule has 8 nitrogen and oxygen atoms in total. The highest BCUT2D eigenvalue weighted by molar-refractivity contribution is 5.73. The summed E-state index contributed by atoms with van der Waals surface area (Å²) >= 11 is 0. The summed E-state index contributed by atoms with van der Waals surface area (Å²) in [6.07, 6.45) is -4.22. The van der Waals surface area contributed by atoms with Crippen LogP contribution >= 0.6 is 0 Å². The molecule has 1 saturated heterocycles. The molecule has 110 valence electrons. The van der Waals surface area contributed by atoms with Crippen LogP contribution in [0.1, 0.15) is 13.8 Å². The lowest BCUT2D eigenvalue weighted by atomic mass is 9.96. The molecule has 0 spiro atoms. The van der Waals surface area contributed by atoms with Gasteiger partial charge in [0.2, 0.25) is 5.91 Å². The van der Waals surface area contributed by atoms with Gasteiger partial charge in [-0.3, -0.25) is 9.59 Å². The minimum Gasteiger partial charge on any atom is -0.457 e. The van der Waals surface area contributed by atoms with E-state index in [0.29, 0.717) is 0 Å². The Labute approximate surface area is 110 Å². The third-order valence-corrected chi connectivity index (χ3v) is 2.76. The molecule has 0 aliphatic carbocycles. The molecule has 0 saturated carbocycles. The van der Waals surface area contributed by atoms with Crippen molar-refractivity contribution < 1.29 is 34.0 Å². The number of nitrogens with one attached hydrogen (secondary N) is 1. The second-order valence-electron chi connectivity index (χ2n) is 4.25. The van der Waals surface area contributed by atoms with E-state index in [9.17, 15) is 14.7 Å². The van der Waals surface area contributed by atoms with Gasteiger partial charge in [0.25, 0.3) is 0 Å². The number of hydrogen-bond acceptors (Lipinski definition) is 7. The number of aliphatic hydroxyl groups excluding tert-OH is 2. The van der Waals surface area contributed by atoms with Gasteiger partial charge in [-0.25, -0.2) is 0 Å². The highest BCUT2D eigenvalue weighted by Gasteiger charge is 2.47. The summed E-state index contributed by atoms with van der Waals surface area (Å²) in [4.78, 5) is 22.3. The van der Waals surface area contributed by atoms with Gasteiger partial charge in [0, 0.05) is 21.0 Å². The van der Waals surface area contributed by atoms with E-state index in [2.05, 4.69) is 5.32 Å². The number of aliphatic hydroxyl groups is 2. The Morgan fingerprint density at radius 2 is 2.00 bits per heavy atom. The normalized spacial score (nSPS) is 34.7. The van der Waals surface area contributed by atoms with Crippen LogP contribution in [0.2, 0.25) is 0 Å². The summed E-state index contributed by atoms with van der Waals surface area (Å²) in [6, 6.07) is -0.857. The molecular formula is C11H19NO7. The highest BCUT2D eigenvalue weighted by Crippen LogP contribution is 2.24. The van der Waals surface area contributed by atoms with Crippen LogP contribution in [-0.2, 0) is 23.8 Å². The average Bonchev–Trinajstić information content (AvgIpc) is 2.33. The fourth-order valence-electron chi connectivity index (χ4n) is 1.99. The molecule has 1 amide bonds. The van der Waals surface area contributed by atoms with E-state index in [1.165, 1.54) is 21.0 Å². The molecule has 0 aromatic carbocycles. The summed E-state index contributed by atoms with van der Waals surface area (Å²) in [7, 11) is 1.34. The van der Waals surface area contributed by atoms with Gasteiger partial charge < -0.3 is 29.7 Å². The van der Waals surface area contributed by atoms with Crippen LogP contribution < -0.4 is 5.32 Å². The Hall–Kier alpha value is -1.22. The van der Waals surface area contributed by atoms with Crippen LogP contribution in [0.25, 0.3) is 0 Å². The fourth-order valence-corrected chi connectivity index (χ4v) is 1.99. The number of esters is 1. The molecular weight excluding hydrogens is 258 g/mol. The number of carbonyl (C=O) groups excluding carboxylic acids is 2. The van der Waals surface area contributed by atoms with Gasteiger partial charge in [-0.05, 0) is 0 Å². The van der Waals surface area contributed by atoms with E-state index in [-0.39, 0.29) is 5.91 Å². The smallest absolute Gasteiger partial charge is 0.303 e. The van der Waals surface area contributed by atoms with E-state index in [1.807, 2.05) is 0 Å². The molecule has 1 fully saturated rings. The molecule has 0 aromatic heterocycles. The minimum absolute atomic E-state index is 0.387. The fraction of sp³-hybridized carbons (Fsp3) is 0.818. The summed E-state index contributed by atoms with van der Waals surface area (Å²) in [6.45, 7) is 2.00. The minimum atomic E-state index is -1.27. The Morgan fingerprint density at radius 3 is 2.42 bits per heavy atom. The molecule has 19 heavy (non-hydrogen) atoms. The monoisotopic (exact) mass is 277 g/mol. The number of amides is 1. The van der Waals surface area contributed by atoms with Crippen molar-refractivity contribution >= 4 is 11.9 Å². The van der Waals surface area contributed by atoms with Gasteiger partial charge in [-0.1, -0.05) is 0 Å². The molecule has 5 atom stereocenters. The van der Waals surface area contributed by atoms with Gasteiger partial charge in [0.15, 0.2) is 12.4 Å². The predicted molar refractivity (Wildman–Crippen MR) is 61.9 cm³/mol. The largest absolute Gasteiger partial charge is 0.457 e. The molecule has 1 heterocycles. The van der Waals surface area contributed by atoms with Gasteiger partial charge in [-0.15, -0.1) is 0 Å². The van der Waals surface area contributed by atoms with Crippen LogP contribution in [0.3, 0.4) is 0 Å². The molecule has 0 aromatic rings. The molecule has 0 radical (unpaired) electrons. The second-order valence-corrected chi connectivity index (χ2v) is 4.25. The van der Waals surface area contributed by atoms with Crippen molar-refractivity contribution in [2.24, 2.45) is 0 Å². The summed E-state index contributed by atoms with van der Waals surface area (Å²) in [5.74, 6) is -1.00. The topological polar surface area (TPSA) is 114 Å². The number of rotatable bonds is 4. The van der Waals surface area contributed by atoms with Crippen molar-refractivity contribution in [3.63, 3.8) is 0 Å². The Kier molecular flexibility index (Phi) is 5.67. The maximum atomic E-state index is 11.2. The molecule has 0 bridgehead atoms. The summed E-state index contributed by atoms with van der Waals surface area (Å²) < 4.78 is 15.3. The molecule has 8 heteroatoms. The zero-order chi connectivity index (χ0) is 14.6. The van der Waals surface area contributed by atoms with Gasteiger partial charge in [0.1, 0.15) is 18.2 Å². The second kappa shape index (κ2) is 6.80. The predicted octanol–water partition coefficient (Wildman–Crippen LogP) is -1.85. The maximum absolute atomic E-state index is 11.2. The van der Waals surface area contributed by atoms with Crippen molar-refractivity contribution in [2.75, 3.05) is 13.7 Å². The first kappa shape index (κ1) is 15.8. The van der Waals surface area contributed by atoms with Crippen molar-refractivity contribution in [2.45, 2.75) is 44.5 Å². The number of methoxy groups -OCH3 is 1. The quantitative estimate of drug-likeness (QED) is 0.517. The first-order valence-electron chi connectivity index (χ1n) is 5.82. The Bertz CT molecular complexity index is 335. The first-order chi connectivity index (χ1) is 8.90. The van der Waals surface area contributed by atoms with Crippen LogP contribution in [-0.4, -0.2) is 66.4 Å². The summed E-state index contributed by atoms with van der Waals surface area (Å²) in [5, 5.41) is 21.6. The van der Waals surface area contributed by atoms with E-state index in [4.69, 9.17) is 19.3 Å². The van der Waals surface area contributed by atoms with E-state index < -0.39 is 43.2 Å². The Morgan fingerprint density at radius 1 is 1.37 bits per heavy atom. The van der Waals surface area contributed by atoms with Gasteiger partial charge in [0.05, 0.1) is 6.61 Å². The molecule has 1 aliphatic rings. The first-order valence-corrected chi connectivity index (χ1v) is 5.82. The standard InChI is InChI=1S/C11H19NO7/c1-5(14)12-8-10(18-6(2)15)9(16)7(4-13)19-11(8)17-3/h7-11,13,16H,4H2,1-3H3,(H,12,14)/t7-,8-,9-,10-,11+/m1/s1. The zero-order valence-electron chi connectivity index (χ0n) is 11.0. The van der Waals surface area contributed by atoms with Crippen molar-refractivity contribution in [3.8, 4) is 0 Å². The van der Waals surface area contributed by atoms with Crippen LogP contribution in [0, 0.1) is 0 Å². The van der Waals surface area contributed by atoms with Crippen LogP contribution in [0.5, 0.6) is 0 Å². The lowest BCUT2D eigenvalue weighted by Crippen LogP contribution is -2.65. The third-order valence-electron chi connectivity index (χ3n) is 2.76. The van der Waals surface area contributed by atoms with Crippen molar-refractivity contribution in [3.05, 3.63) is 0 Å². The number of ether oxygens (including phenoxy) is 3. The molecule has 1 rings (SSSR count). The average molecular weight is 277 g/mol. The number of hydrogen-bond donors (Lipinski definition) is 3. The molecule has 0 unspecified atom stereocenters. The summed E-state index contributed by atoms with van der Waals surface area (Å²) in [5.41, 5.74) is 0. The van der Waals surface area contributed by atoms with Crippen LogP contribution in [0.15, 0.2) is 0 Å². The van der Waals surface area contributed by atoms with E-state index in [0.717, 1.165) is 0 Å². The Balaban J connectivity index is 2.96. The van der Waals surface area contributed by atoms with E-state index >= 15 is 0 Å². The lowest BCUT2D eigenvalue weighted by Gasteiger charge is -2.43. The van der Waals surface area contributed by atoms with E-state index in [1.54, 1.807) is 0 Å². The van der Waals surface area contributed by atoms with Gasteiger partial charge >= 0.3 is 5.97 Å². The number of carbonyl (C=O) groups is 2. The third kappa shape index (κ3) is 3.87. The van der Waals surface area contributed by atoms with Crippen molar-refractivity contribution in [1.82, 2.24) is 5.32 Å². The maximum Gasteiger partial charge on any atom is 0.303 e. The molecule has 1 aliphatic heterocycles. The highest BCUT2D eigenvalue weighted by atomic mass is 16.7. The zero-order valence-corrected chi connectivity index (χ0v) is 11.0.